The Bertz CT molecular complexity index is 558. The molecule has 0 saturated heterocycles. The van der Waals surface area contributed by atoms with Crippen molar-refractivity contribution in [3.63, 3.8) is 0 Å². The number of nitrogens with two attached hydrogens (primary N) is 2. The zero-order valence-electron chi connectivity index (χ0n) is 14.1. The molecule has 0 heterocycles. The van der Waals surface area contributed by atoms with E-state index in [1.54, 1.807) is 0 Å². The van der Waals surface area contributed by atoms with Crippen molar-refractivity contribution >= 4 is 80.0 Å². The van der Waals surface area contributed by atoms with Crippen LogP contribution in [-0.4, -0.2) is 85.1 Å². The average Bonchev–Trinajstić information content (AvgIpc) is 2.28. The van der Waals surface area contributed by atoms with E-state index < -0.39 is 32.7 Å². The molecule has 0 aliphatic heterocycles. The fourth-order valence-electron chi connectivity index (χ4n) is 1.62. The van der Waals surface area contributed by atoms with Crippen molar-refractivity contribution in [1.29, 1.82) is 0 Å². The van der Waals surface area contributed by atoms with Gasteiger partial charge in [-0.25, -0.2) is 0 Å². The number of rotatable bonds is 5. The molecule has 15 heteroatoms. The first-order valence-electron chi connectivity index (χ1n) is 5.29. The van der Waals surface area contributed by atoms with Crippen LogP contribution in [-0.2, 0) is 15.6 Å². The van der Waals surface area contributed by atoms with Gasteiger partial charge in [-0.2, -0.15) is 0 Å². The Morgan fingerprint density at radius 3 is 1.67 bits per heavy atom. The molecule has 0 saturated carbocycles. The Labute approximate surface area is 228 Å². The van der Waals surface area contributed by atoms with E-state index in [9.17, 15) is 24.0 Å². The maximum Gasteiger partial charge on any atom is 1.00 e. The molecule has 0 spiro atoms. The molecule has 2 unspecified atom stereocenters. The summed E-state index contributed by atoms with van der Waals surface area (Å²) in [6.07, 6.45) is -0.434. The van der Waals surface area contributed by atoms with E-state index in [0.29, 0.717) is 11.3 Å². The Morgan fingerprint density at radius 1 is 1.04 bits per heavy atom. The molecule has 1 aromatic carbocycles. The van der Waals surface area contributed by atoms with Gasteiger partial charge in [0.1, 0.15) is 0 Å². The van der Waals surface area contributed by atoms with Crippen LogP contribution < -0.4 is 80.4 Å². The van der Waals surface area contributed by atoms with E-state index in [4.69, 9.17) is 21.3 Å². The minimum Gasteiger partial charge on any atom is -0.776 e. The molecule has 0 aliphatic rings. The summed E-state index contributed by atoms with van der Waals surface area (Å²) in [5.41, 5.74) is 11.5. The second-order valence-electron chi connectivity index (χ2n) is 4.28. The van der Waals surface area contributed by atoms with E-state index in [-0.39, 0.29) is 118 Å². The first-order valence-corrected chi connectivity index (χ1v) is 8.45. The van der Waals surface area contributed by atoms with Gasteiger partial charge in [0, 0.05) is 64.8 Å². The van der Waals surface area contributed by atoms with Gasteiger partial charge in [0.05, 0.1) is 6.04 Å². The summed E-state index contributed by atoms with van der Waals surface area (Å²) in [4.78, 5) is 39.9. The molecular weight excluding hydrogens is 402 g/mol. The molecule has 1 rings (SSSR count). The Hall–Kier alpha value is 3.24. The summed E-state index contributed by atoms with van der Waals surface area (Å²) in [6.45, 7) is 0. The number of benzene rings is 1. The van der Waals surface area contributed by atoms with Gasteiger partial charge in [-0.05, 0) is 24.1 Å². The van der Waals surface area contributed by atoms with Crippen molar-refractivity contribution in [2.75, 3.05) is 5.73 Å². The minimum absolute atomic E-state index is 0. The summed E-state index contributed by atoms with van der Waals surface area (Å²) in [7, 11) is -11.8. The van der Waals surface area contributed by atoms with Crippen LogP contribution in [0.5, 0.6) is 0 Å². The van der Waals surface area contributed by atoms with E-state index in [1.165, 1.54) is 24.3 Å². The first-order chi connectivity index (χ1) is 8.89. The van der Waals surface area contributed by atoms with E-state index >= 15 is 0 Å². The third-order valence-corrected chi connectivity index (χ3v) is 6.61. The molecule has 0 fully saturated rings. The van der Waals surface area contributed by atoms with Crippen molar-refractivity contribution in [3.05, 3.63) is 29.8 Å². The smallest absolute Gasteiger partial charge is 0.776 e. The normalized spacial score (nSPS) is 18.6. The summed E-state index contributed by atoms with van der Waals surface area (Å²) < 4.78 is 22.2. The van der Waals surface area contributed by atoms with E-state index in [0.717, 1.165) is 0 Å². The van der Waals surface area contributed by atoms with Crippen LogP contribution >= 0.6 is 15.2 Å². The second-order valence-corrected chi connectivity index (χ2v) is 8.08. The maximum absolute atomic E-state index is 11.1. The molecular formula is C9H14N2Na4O7P2. The monoisotopic (exact) mass is 416 g/mol. The van der Waals surface area contributed by atoms with Gasteiger partial charge >= 0.3 is 59.1 Å². The van der Waals surface area contributed by atoms with Crippen LogP contribution in [0.1, 0.15) is 5.56 Å². The van der Waals surface area contributed by atoms with E-state index in [1.807, 2.05) is 0 Å². The first kappa shape index (κ1) is 34.7. The van der Waals surface area contributed by atoms with Crippen LogP contribution in [0.15, 0.2) is 24.3 Å². The van der Waals surface area contributed by atoms with Gasteiger partial charge in [0.25, 0.3) is 0 Å². The number of anilines is 1. The topological polar surface area (TPSA) is 193 Å². The number of aliphatic hydroxyl groups is 1. The van der Waals surface area contributed by atoms with Crippen LogP contribution in [0.25, 0.3) is 0 Å². The van der Waals surface area contributed by atoms with Crippen molar-refractivity contribution in [2.45, 2.75) is 17.5 Å². The number of hydrogen-bond acceptors (Lipinski definition) is 7. The molecule has 0 amide bonds. The second kappa shape index (κ2) is 13.5. The number of nitrogen functional groups attached to an aromatic ring is 1. The zero-order valence-corrected chi connectivity index (χ0v) is 23.9. The quantitative estimate of drug-likeness (QED) is 0.176. The fourth-order valence-corrected chi connectivity index (χ4v) is 3.92. The molecule has 0 aromatic heterocycles. The molecule has 0 aliphatic carbocycles. The number of hydrogen-bond donors (Lipinski definition) is 5. The molecule has 24 heavy (non-hydrogen) atoms. The predicted octanol–water partition coefficient (Wildman–Crippen LogP) is -8.88. The SMILES string of the molecule is Nc1ccc(C[C@H](N)C(O)(P(=O)([O-])O)P(=O)([O-])O)cc1.[Na+].[Na+].[Na].[Na]. The van der Waals surface area contributed by atoms with Gasteiger partial charge in [0.15, 0.2) is 15.2 Å². The third kappa shape index (κ3) is 8.72. The van der Waals surface area contributed by atoms with Gasteiger partial charge in [0.2, 0.25) is 5.08 Å². The zero-order chi connectivity index (χ0) is 15.8. The van der Waals surface area contributed by atoms with Gasteiger partial charge in [-0.1, -0.05) is 12.1 Å². The van der Waals surface area contributed by atoms with Crippen molar-refractivity contribution in [2.24, 2.45) is 5.73 Å². The summed E-state index contributed by atoms with van der Waals surface area (Å²) >= 11 is 0. The van der Waals surface area contributed by atoms with Gasteiger partial charge < -0.3 is 45.3 Å². The molecule has 116 valence electrons. The van der Waals surface area contributed by atoms with Crippen LogP contribution in [0.4, 0.5) is 5.69 Å². The Balaban J connectivity index is -0.000000500. The molecule has 7 N–H and O–H groups in total. The van der Waals surface area contributed by atoms with Gasteiger partial charge in [-0.15, -0.1) is 0 Å². The average molecular weight is 416 g/mol. The molecule has 2 radical (unpaired) electrons. The predicted molar refractivity (Wildman–Crippen MR) is 78.6 cm³/mol. The summed E-state index contributed by atoms with van der Waals surface area (Å²) in [5.74, 6) is 0. The van der Waals surface area contributed by atoms with Crippen LogP contribution in [0, 0.1) is 0 Å². The minimum atomic E-state index is -5.88. The van der Waals surface area contributed by atoms with E-state index in [2.05, 4.69) is 0 Å². The largest absolute Gasteiger partial charge is 1.00 e. The summed E-state index contributed by atoms with van der Waals surface area (Å²) in [6, 6.07) is 3.76. The Morgan fingerprint density at radius 2 is 1.38 bits per heavy atom. The van der Waals surface area contributed by atoms with Crippen LogP contribution in [0.2, 0.25) is 0 Å². The third-order valence-electron chi connectivity index (χ3n) is 2.76. The van der Waals surface area contributed by atoms with Gasteiger partial charge in [-0.3, -0.25) is 0 Å². The summed E-state index contributed by atoms with van der Waals surface area (Å²) in [5, 5.41) is 5.81. The fraction of sp³-hybridized carbons (Fsp3) is 0.333. The Kier molecular flexibility index (Phi) is 19.5. The maximum atomic E-state index is 11.1. The molecule has 9 nitrogen and oxygen atoms in total. The molecule has 1 aromatic rings. The standard InChI is InChI=1S/C9H16N2O7P2.4Na/c10-7-3-1-6(2-4-7)5-8(11)9(12,19(13,14)15)20(16,17)18;;;;/h1-4,8,12H,5,10-11H2,(H2,13,14,15)(H2,16,17,18);;;;/q;;;2*+1/p-2/t8-;;;;/m0..../s1. The molecule has 0 bridgehead atoms. The van der Waals surface area contributed by atoms with Crippen LogP contribution in [0.3, 0.4) is 0 Å². The molecule has 3 atom stereocenters. The van der Waals surface area contributed by atoms with Crippen molar-refractivity contribution < 1.29 is 92.9 Å². The van der Waals surface area contributed by atoms with Crippen molar-refractivity contribution in [3.8, 4) is 0 Å². The van der Waals surface area contributed by atoms with Crippen molar-refractivity contribution in [1.82, 2.24) is 0 Å².